The second-order valence-electron chi connectivity index (χ2n) is 3.96. The first-order valence-electron chi connectivity index (χ1n) is 5.88. The van der Waals surface area contributed by atoms with Gasteiger partial charge in [-0.15, -0.1) is 11.3 Å². The zero-order valence-electron chi connectivity index (χ0n) is 10.2. The van der Waals surface area contributed by atoms with Crippen molar-refractivity contribution in [1.29, 1.82) is 0 Å². The number of rotatable bonds is 5. The van der Waals surface area contributed by atoms with E-state index in [0.717, 1.165) is 16.3 Å². The molecule has 0 fully saturated rings. The average molecular weight is 274 g/mol. The Hall–Kier alpha value is -1.98. The molecule has 0 spiro atoms. The zero-order chi connectivity index (χ0) is 13.5. The molecule has 0 saturated heterocycles. The average Bonchev–Trinajstić information content (AvgIpc) is 2.91. The van der Waals surface area contributed by atoms with Crippen LogP contribution in [0.1, 0.15) is 22.7 Å². The fraction of sp³-hybridized carbons (Fsp3) is 0.143. The standard InChI is InChI=1S/C14H14N2O2S/c17-13(16-18)8-7-12-10-19-14(15-12)9-6-11-4-2-1-3-5-11/h1-6,9-10,18H,7-8H2,(H,16,17)/b9-6+. The van der Waals surface area contributed by atoms with Gasteiger partial charge in [0.2, 0.25) is 5.91 Å². The van der Waals surface area contributed by atoms with Crippen LogP contribution in [-0.2, 0) is 11.2 Å². The van der Waals surface area contributed by atoms with Crippen molar-refractivity contribution in [1.82, 2.24) is 10.5 Å². The van der Waals surface area contributed by atoms with Gasteiger partial charge in [0.1, 0.15) is 5.01 Å². The second-order valence-corrected chi connectivity index (χ2v) is 4.85. The SMILES string of the molecule is O=C(CCc1csc(/C=C/c2ccccc2)n1)NO. The summed E-state index contributed by atoms with van der Waals surface area (Å²) in [4.78, 5) is 15.3. The third-order valence-electron chi connectivity index (χ3n) is 2.52. The molecule has 0 saturated carbocycles. The monoisotopic (exact) mass is 274 g/mol. The molecule has 0 radical (unpaired) electrons. The first-order chi connectivity index (χ1) is 9.28. The highest BCUT2D eigenvalue weighted by molar-refractivity contribution is 7.10. The Kier molecular flexibility index (Phi) is 4.83. The quantitative estimate of drug-likeness (QED) is 0.651. The van der Waals surface area contributed by atoms with Crippen LogP contribution in [0.25, 0.3) is 12.2 Å². The number of nitrogens with zero attached hydrogens (tertiary/aromatic N) is 1. The Labute approximate surface area is 115 Å². The largest absolute Gasteiger partial charge is 0.289 e. The van der Waals surface area contributed by atoms with Crippen LogP contribution in [0.3, 0.4) is 0 Å². The van der Waals surface area contributed by atoms with Crippen molar-refractivity contribution in [2.45, 2.75) is 12.8 Å². The van der Waals surface area contributed by atoms with Crippen LogP contribution in [0.15, 0.2) is 35.7 Å². The Morgan fingerprint density at radius 2 is 2.11 bits per heavy atom. The van der Waals surface area contributed by atoms with E-state index in [0.29, 0.717) is 6.42 Å². The van der Waals surface area contributed by atoms with E-state index in [1.54, 1.807) is 5.48 Å². The van der Waals surface area contributed by atoms with Crippen LogP contribution in [0.5, 0.6) is 0 Å². The van der Waals surface area contributed by atoms with Crippen LogP contribution < -0.4 is 5.48 Å². The molecule has 1 amide bonds. The molecule has 0 aliphatic heterocycles. The highest BCUT2D eigenvalue weighted by atomic mass is 32.1. The van der Waals surface area contributed by atoms with E-state index < -0.39 is 5.91 Å². The highest BCUT2D eigenvalue weighted by Gasteiger charge is 2.03. The highest BCUT2D eigenvalue weighted by Crippen LogP contribution is 2.14. The van der Waals surface area contributed by atoms with Crippen LogP contribution in [0, 0.1) is 0 Å². The molecular weight excluding hydrogens is 260 g/mol. The molecule has 98 valence electrons. The summed E-state index contributed by atoms with van der Waals surface area (Å²) in [6.45, 7) is 0. The van der Waals surface area contributed by atoms with Gasteiger partial charge in [-0.3, -0.25) is 10.0 Å². The summed E-state index contributed by atoms with van der Waals surface area (Å²) in [6, 6.07) is 10.00. The lowest BCUT2D eigenvalue weighted by atomic mass is 10.2. The molecule has 0 bridgehead atoms. The fourth-order valence-electron chi connectivity index (χ4n) is 1.54. The van der Waals surface area contributed by atoms with E-state index in [1.807, 2.05) is 47.9 Å². The number of hydrogen-bond donors (Lipinski definition) is 2. The van der Waals surface area contributed by atoms with E-state index >= 15 is 0 Å². The first-order valence-corrected chi connectivity index (χ1v) is 6.76. The molecule has 1 aromatic carbocycles. The molecule has 19 heavy (non-hydrogen) atoms. The Morgan fingerprint density at radius 1 is 1.32 bits per heavy atom. The summed E-state index contributed by atoms with van der Waals surface area (Å²) in [6.07, 6.45) is 4.73. The number of hydrogen-bond acceptors (Lipinski definition) is 4. The van der Waals surface area contributed by atoms with Gasteiger partial charge >= 0.3 is 0 Å². The number of carbonyl (C=O) groups excluding carboxylic acids is 1. The van der Waals surface area contributed by atoms with Gasteiger partial charge in [0, 0.05) is 11.8 Å². The molecule has 1 heterocycles. The summed E-state index contributed by atoms with van der Waals surface area (Å²) in [5.74, 6) is -0.394. The molecule has 1 aromatic heterocycles. The number of aromatic nitrogens is 1. The maximum absolute atomic E-state index is 10.9. The topological polar surface area (TPSA) is 62.2 Å². The van der Waals surface area contributed by atoms with Crippen molar-refractivity contribution < 1.29 is 10.0 Å². The molecule has 0 atom stereocenters. The van der Waals surface area contributed by atoms with Crippen molar-refractivity contribution in [2.75, 3.05) is 0 Å². The summed E-state index contributed by atoms with van der Waals surface area (Å²) in [5, 5.41) is 11.2. The normalized spacial score (nSPS) is 10.8. The van der Waals surface area contributed by atoms with E-state index in [9.17, 15) is 4.79 Å². The predicted molar refractivity (Wildman–Crippen MR) is 75.7 cm³/mol. The van der Waals surface area contributed by atoms with Crippen LogP contribution in [0.2, 0.25) is 0 Å². The second kappa shape index (κ2) is 6.82. The van der Waals surface area contributed by atoms with Crippen LogP contribution in [0.4, 0.5) is 0 Å². The van der Waals surface area contributed by atoms with E-state index in [2.05, 4.69) is 4.98 Å². The number of nitrogens with one attached hydrogen (secondary N) is 1. The first kappa shape index (κ1) is 13.5. The minimum Gasteiger partial charge on any atom is -0.289 e. The molecule has 2 aromatic rings. The van der Waals surface area contributed by atoms with Crippen molar-refractivity contribution in [2.24, 2.45) is 0 Å². The summed E-state index contributed by atoms with van der Waals surface area (Å²) < 4.78 is 0. The van der Waals surface area contributed by atoms with Gasteiger partial charge in [-0.2, -0.15) is 0 Å². The van der Waals surface area contributed by atoms with Crippen molar-refractivity contribution in [3.8, 4) is 0 Å². The van der Waals surface area contributed by atoms with E-state index in [1.165, 1.54) is 11.3 Å². The fourth-order valence-corrected chi connectivity index (χ4v) is 2.29. The van der Waals surface area contributed by atoms with Crippen LogP contribution >= 0.6 is 11.3 Å². The number of amides is 1. The Balaban J connectivity index is 1.94. The molecule has 0 aliphatic rings. The van der Waals surface area contributed by atoms with Crippen LogP contribution in [-0.4, -0.2) is 16.1 Å². The third-order valence-corrected chi connectivity index (χ3v) is 3.38. The Bertz CT molecular complexity index is 564. The molecule has 0 unspecified atom stereocenters. The number of benzene rings is 1. The summed E-state index contributed by atoms with van der Waals surface area (Å²) in [5.41, 5.74) is 3.60. The van der Waals surface area contributed by atoms with E-state index in [4.69, 9.17) is 5.21 Å². The number of hydroxylamine groups is 1. The third kappa shape index (κ3) is 4.31. The zero-order valence-corrected chi connectivity index (χ0v) is 11.1. The van der Waals surface area contributed by atoms with Gasteiger partial charge < -0.3 is 0 Å². The van der Waals surface area contributed by atoms with Gasteiger partial charge in [0.25, 0.3) is 0 Å². The lowest BCUT2D eigenvalue weighted by Gasteiger charge is -1.95. The summed E-state index contributed by atoms with van der Waals surface area (Å²) >= 11 is 1.54. The number of carbonyl (C=O) groups is 1. The summed E-state index contributed by atoms with van der Waals surface area (Å²) in [7, 11) is 0. The molecule has 5 heteroatoms. The van der Waals surface area contributed by atoms with Gasteiger partial charge in [0.05, 0.1) is 5.69 Å². The van der Waals surface area contributed by atoms with E-state index in [-0.39, 0.29) is 6.42 Å². The Morgan fingerprint density at radius 3 is 2.84 bits per heavy atom. The van der Waals surface area contributed by atoms with Crippen molar-refractivity contribution in [3.05, 3.63) is 52.0 Å². The molecule has 2 rings (SSSR count). The molecule has 2 N–H and O–H groups in total. The lowest BCUT2D eigenvalue weighted by molar-refractivity contribution is -0.129. The van der Waals surface area contributed by atoms with Gasteiger partial charge in [-0.1, -0.05) is 36.4 Å². The molecule has 4 nitrogen and oxygen atoms in total. The smallest absolute Gasteiger partial charge is 0.243 e. The number of thiazole rings is 1. The minimum absolute atomic E-state index is 0.238. The maximum atomic E-state index is 10.9. The molecule has 0 aliphatic carbocycles. The van der Waals surface area contributed by atoms with Gasteiger partial charge in [-0.05, 0) is 18.1 Å². The van der Waals surface area contributed by atoms with Gasteiger partial charge in [-0.25, -0.2) is 10.5 Å². The maximum Gasteiger partial charge on any atom is 0.243 e. The predicted octanol–water partition coefficient (Wildman–Crippen LogP) is 2.75. The molecular formula is C14H14N2O2S. The van der Waals surface area contributed by atoms with Crippen molar-refractivity contribution in [3.63, 3.8) is 0 Å². The number of aryl methyl sites for hydroxylation is 1. The lowest BCUT2D eigenvalue weighted by Crippen LogP contribution is -2.18. The minimum atomic E-state index is -0.394. The van der Waals surface area contributed by atoms with Crippen molar-refractivity contribution >= 4 is 29.4 Å². The van der Waals surface area contributed by atoms with Gasteiger partial charge in [0.15, 0.2) is 0 Å².